The third-order valence-electron chi connectivity index (χ3n) is 6.70. The second kappa shape index (κ2) is 10.8. The first-order chi connectivity index (χ1) is 17.7. The first kappa shape index (κ1) is 28.3. The maximum Gasteiger partial charge on any atom is 0.511 e. The predicted molar refractivity (Wildman–Crippen MR) is 125 cm³/mol. The van der Waals surface area contributed by atoms with Crippen molar-refractivity contribution in [2.24, 2.45) is 5.92 Å². The first-order valence-corrected chi connectivity index (χ1v) is 13.5. The highest BCUT2D eigenvalue weighted by Gasteiger charge is 2.47. The van der Waals surface area contributed by atoms with E-state index in [9.17, 15) is 34.8 Å². The van der Waals surface area contributed by atoms with E-state index in [1.807, 2.05) is 0 Å². The lowest BCUT2D eigenvalue weighted by Crippen LogP contribution is -2.44. The summed E-state index contributed by atoms with van der Waals surface area (Å²) in [6.45, 7) is 0.433. The molecule has 0 atom stereocenters. The molecule has 1 aromatic heterocycles. The van der Waals surface area contributed by atoms with Crippen molar-refractivity contribution in [2.75, 3.05) is 16.8 Å². The highest BCUT2D eigenvalue weighted by Crippen LogP contribution is 2.36. The van der Waals surface area contributed by atoms with Gasteiger partial charge < -0.3 is 10.2 Å². The summed E-state index contributed by atoms with van der Waals surface area (Å²) in [4.78, 5) is 9.73. The zero-order valence-corrected chi connectivity index (χ0v) is 20.8. The largest absolute Gasteiger partial charge is 0.511 e. The van der Waals surface area contributed by atoms with Crippen molar-refractivity contribution in [1.82, 2.24) is 14.7 Å². The Kier molecular flexibility index (Phi) is 8.07. The van der Waals surface area contributed by atoms with Gasteiger partial charge in [0.15, 0.2) is 11.6 Å². The Morgan fingerprint density at radius 1 is 0.921 bits per heavy atom. The van der Waals surface area contributed by atoms with Crippen LogP contribution in [0.3, 0.4) is 0 Å². The lowest BCUT2D eigenvalue weighted by Gasteiger charge is -2.29. The second-order valence-electron chi connectivity index (χ2n) is 9.58. The van der Waals surface area contributed by atoms with E-state index in [1.54, 1.807) is 9.62 Å². The number of rotatable bonds is 9. The Hall–Kier alpha value is -2.68. The molecule has 7 nitrogen and oxygen atoms in total. The molecular weight excluding hydrogens is 543 g/mol. The van der Waals surface area contributed by atoms with Crippen LogP contribution in [0.4, 0.5) is 42.4 Å². The van der Waals surface area contributed by atoms with Crippen LogP contribution in [-0.2, 0) is 22.7 Å². The van der Waals surface area contributed by atoms with Crippen molar-refractivity contribution in [3.63, 3.8) is 0 Å². The van der Waals surface area contributed by atoms with Crippen molar-refractivity contribution in [3.8, 4) is 0 Å². The lowest BCUT2D eigenvalue weighted by molar-refractivity contribution is -0.137. The topological polar surface area (TPSA) is 87.2 Å². The third kappa shape index (κ3) is 6.84. The number of nitrogens with zero attached hydrogens (tertiary/aromatic N) is 3. The number of benzene rings is 1. The van der Waals surface area contributed by atoms with E-state index in [0.29, 0.717) is 18.4 Å². The minimum absolute atomic E-state index is 0.00898. The Bertz CT molecular complexity index is 1210. The second-order valence-corrected chi connectivity index (χ2v) is 11.3. The van der Waals surface area contributed by atoms with E-state index in [1.165, 1.54) is 18.5 Å². The molecule has 0 spiro atoms. The maximum atomic E-state index is 15.4. The number of hydrogen-bond donors (Lipinski definition) is 2. The molecule has 0 aliphatic heterocycles. The van der Waals surface area contributed by atoms with Gasteiger partial charge in [0.25, 0.3) is 0 Å². The molecule has 2 fully saturated rings. The number of nitrogens with one attached hydrogen (secondary N) is 2. The van der Waals surface area contributed by atoms with Gasteiger partial charge in [-0.15, -0.1) is 0 Å². The Balaban J connectivity index is 1.36. The average molecular weight is 570 g/mol. The van der Waals surface area contributed by atoms with Crippen LogP contribution in [0, 0.1) is 11.7 Å². The molecule has 1 heterocycles. The van der Waals surface area contributed by atoms with Crippen LogP contribution in [0.5, 0.6) is 0 Å². The molecule has 0 amide bonds. The number of halogens is 7. The van der Waals surface area contributed by atoms with Gasteiger partial charge in [-0.2, -0.15) is 30.7 Å². The quantitative estimate of drug-likeness (QED) is 0.403. The molecule has 4 rings (SSSR count). The van der Waals surface area contributed by atoms with Gasteiger partial charge in [0.1, 0.15) is 6.33 Å². The molecular formula is C23H26F7N5O2S. The molecule has 0 saturated heterocycles. The van der Waals surface area contributed by atoms with Crippen LogP contribution < -0.4 is 14.9 Å². The minimum Gasteiger partial charge on any atom is -0.367 e. The molecule has 38 heavy (non-hydrogen) atoms. The summed E-state index contributed by atoms with van der Waals surface area (Å²) < 4.78 is 116. The molecule has 0 bridgehead atoms. The molecule has 1 aromatic carbocycles. The summed E-state index contributed by atoms with van der Waals surface area (Å²) in [7, 11) is -5.41. The van der Waals surface area contributed by atoms with Crippen LogP contribution in [0.15, 0.2) is 30.6 Å². The van der Waals surface area contributed by atoms with E-state index < -0.39 is 39.1 Å². The smallest absolute Gasteiger partial charge is 0.367 e. The van der Waals surface area contributed by atoms with Crippen molar-refractivity contribution in [2.45, 2.75) is 68.8 Å². The zero-order valence-electron chi connectivity index (χ0n) is 20.0. The molecule has 0 unspecified atom stereocenters. The summed E-state index contributed by atoms with van der Waals surface area (Å²) >= 11 is 0. The van der Waals surface area contributed by atoms with Crippen LogP contribution in [0.2, 0.25) is 0 Å². The van der Waals surface area contributed by atoms with Gasteiger partial charge in [-0.3, -0.25) is 0 Å². The molecule has 0 radical (unpaired) electrons. The minimum atomic E-state index is -5.41. The maximum absolute atomic E-state index is 15.4. The van der Waals surface area contributed by atoms with E-state index in [4.69, 9.17) is 0 Å². The van der Waals surface area contributed by atoms with Crippen LogP contribution in [0.25, 0.3) is 0 Å². The fraction of sp³-hybridized carbons (Fsp3) is 0.565. The Morgan fingerprint density at radius 2 is 1.55 bits per heavy atom. The van der Waals surface area contributed by atoms with Crippen molar-refractivity contribution < 1.29 is 39.2 Å². The fourth-order valence-corrected chi connectivity index (χ4v) is 5.26. The van der Waals surface area contributed by atoms with E-state index >= 15 is 4.39 Å². The number of hydrogen-bond acceptors (Lipinski definition) is 6. The highest BCUT2D eigenvalue weighted by atomic mass is 32.2. The van der Waals surface area contributed by atoms with Crippen molar-refractivity contribution in [1.29, 1.82) is 0 Å². The predicted octanol–water partition coefficient (Wildman–Crippen LogP) is 5.21. The Labute approximate surface area is 214 Å². The zero-order chi connectivity index (χ0) is 27.7. The number of anilines is 2. The molecule has 15 heteroatoms. The summed E-state index contributed by atoms with van der Waals surface area (Å²) in [6, 6.07) is 3.82. The lowest BCUT2D eigenvalue weighted by atomic mass is 9.86. The molecule has 210 valence electrons. The van der Waals surface area contributed by atoms with Crippen molar-refractivity contribution >= 4 is 21.7 Å². The highest BCUT2D eigenvalue weighted by molar-refractivity contribution is 7.90. The molecule has 2 N–H and O–H groups in total. The van der Waals surface area contributed by atoms with Gasteiger partial charge in [-0.05, 0) is 62.1 Å². The Morgan fingerprint density at radius 3 is 2.11 bits per heavy atom. The van der Waals surface area contributed by atoms with Gasteiger partial charge in [-0.25, -0.2) is 23.1 Å². The van der Waals surface area contributed by atoms with Crippen molar-refractivity contribution in [3.05, 3.63) is 47.5 Å². The van der Waals surface area contributed by atoms with Gasteiger partial charge in [-0.1, -0.05) is 12.1 Å². The van der Waals surface area contributed by atoms with Gasteiger partial charge in [0.05, 0.1) is 5.56 Å². The normalized spacial score (nSPS) is 20.8. The summed E-state index contributed by atoms with van der Waals surface area (Å²) in [5.41, 5.74) is -5.57. The third-order valence-corrected chi connectivity index (χ3v) is 7.95. The van der Waals surface area contributed by atoms with Gasteiger partial charge in [0, 0.05) is 25.2 Å². The first-order valence-electron chi connectivity index (χ1n) is 12.0. The van der Waals surface area contributed by atoms with Crippen LogP contribution in [-0.4, -0.2) is 42.5 Å². The summed E-state index contributed by atoms with van der Waals surface area (Å²) in [6.07, 6.45) is -0.415. The molecule has 2 saturated carbocycles. The van der Waals surface area contributed by atoms with E-state index in [0.717, 1.165) is 25.0 Å². The molecule has 2 aliphatic rings. The van der Waals surface area contributed by atoms with Gasteiger partial charge >= 0.3 is 21.7 Å². The molecule has 2 aliphatic carbocycles. The molecule has 2 aromatic rings. The van der Waals surface area contributed by atoms with Crippen LogP contribution in [0.1, 0.15) is 49.7 Å². The number of aromatic nitrogens is 2. The average Bonchev–Trinajstić information content (AvgIpc) is 3.67. The SMILES string of the molecule is O=S(=O)(NC1CCC(CNc2ncnc(N(Cc3ccc(C(F)(F)F)cc3)C3CC3)c2F)CC1)C(F)(F)F. The standard InChI is InChI=1S/C23H26F7N5O2S/c24-19-20(31-11-14-3-7-17(8-4-14)34-38(36,37)23(28,29)30)32-13-33-21(19)35(18-9-10-18)12-15-1-5-16(6-2-15)22(25,26)27/h1-2,5-6,13-14,17-18,34H,3-4,7-12H2,(H,31,32,33). The summed E-state index contributed by atoms with van der Waals surface area (Å²) in [5.74, 6) is -0.785. The number of alkyl halides is 6. The number of sulfonamides is 1. The van der Waals surface area contributed by atoms with Crippen LogP contribution >= 0.6 is 0 Å². The fourth-order valence-electron chi connectivity index (χ4n) is 4.45. The van der Waals surface area contributed by atoms with E-state index in [2.05, 4.69) is 15.3 Å². The monoisotopic (exact) mass is 569 g/mol. The van der Waals surface area contributed by atoms with Gasteiger partial charge in [0.2, 0.25) is 5.82 Å². The van der Waals surface area contributed by atoms with E-state index in [-0.39, 0.29) is 49.5 Å². The summed E-state index contributed by atoms with van der Waals surface area (Å²) in [5, 5.41) is 2.92.